The molecule has 0 atom stereocenters. The van der Waals surface area contributed by atoms with Crippen LogP contribution in [-0.4, -0.2) is 5.78 Å². The number of benzene rings is 1. The second-order valence-corrected chi connectivity index (χ2v) is 4.32. The van der Waals surface area contributed by atoms with E-state index in [1.807, 2.05) is 27.7 Å². The molecule has 0 saturated heterocycles. The van der Waals surface area contributed by atoms with E-state index in [1.165, 1.54) is 29.5 Å². The molecule has 0 radical (unpaired) electrons. The highest BCUT2D eigenvalue weighted by Crippen LogP contribution is 2.20. The lowest BCUT2D eigenvalue weighted by atomic mass is 10.2. The van der Waals surface area contributed by atoms with Crippen molar-refractivity contribution >= 4 is 27.2 Å². The summed E-state index contributed by atoms with van der Waals surface area (Å²) in [6.45, 7) is 13.2. The summed E-state index contributed by atoms with van der Waals surface area (Å²) in [5, 5.41) is 3.49. The monoisotopic (exact) mass is 266 g/mol. The average Bonchev–Trinajstić information content (AvgIpc) is 2.80. The number of rotatable bonds is 0. The van der Waals surface area contributed by atoms with Gasteiger partial charge >= 0.3 is 0 Å². The van der Waals surface area contributed by atoms with Crippen molar-refractivity contribution in [3.05, 3.63) is 35.2 Å². The number of fused-ring (bicyclic) bond motifs is 1. The van der Waals surface area contributed by atoms with E-state index >= 15 is 0 Å². The normalized spacial score (nSPS) is 7.94. The first-order valence-corrected chi connectivity index (χ1v) is 7.38. The fourth-order valence-electron chi connectivity index (χ4n) is 1.09. The number of thiophene rings is 1. The molecule has 0 saturated carbocycles. The Morgan fingerprint density at radius 2 is 1.50 bits per heavy atom. The Hall–Kier alpha value is -1.15. The summed E-state index contributed by atoms with van der Waals surface area (Å²) in [5.74, 6) is 0.167. The number of hydrogen-bond donors (Lipinski definition) is 0. The molecule has 0 N–H and O–H groups in total. The Bertz CT molecular complexity index is 425. The quantitative estimate of drug-likeness (QED) is 0.584. The zero-order chi connectivity index (χ0) is 14.6. The fraction of sp³-hybridized carbons (Fsp3) is 0.438. The molecule has 102 valence electrons. The maximum absolute atomic E-state index is 9.44. The predicted molar refractivity (Wildman–Crippen MR) is 85.6 cm³/mol. The fourth-order valence-corrected chi connectivity index (χ4v) is 1.86. The molecule has 0 unspecified atom stereocenters. The van der Waals surface area contributed by atoms with E-state index in [0.29, 0.717) is 0 Å². The molecule has 1 heterocycles. The SMILES string of the molecule is CC.CC.CC(C)=O.Cc1ccc2sccc2c1. The second kappa shape index (κ2) is 12.3. The third kappa shape index (κ3) is 8.94. The van der Waals surface area contributed by atoms with Gasteiger partial charge in [-0.25, -0.2) is 0 Å². The minimum Gasteiger partial charge on any atom is -0.300 e. The first kappa shape index (κ1) is 19.2. The third-order valence-corrected chi connectivity index (χ3v) is 2.51. The van der Waals surface area contributed by atoms with Gasteiger partial charge in [0.25, 0.3) is 0 Å². The minimum absolute atomic E-state index is 0.167. The van der Waals surface area contributed by atoms with Crippen LogP contribution in [0.4, 0.5) is 0 Å². The van der Waals surface area contributed by atoms with E-state index < -0.39 is 0 Å². The molecule has 1 aromatic heterocycles. The van der Waals surface area contributed by atoms with Crippen LogP contribution in [0, 0.1) is 6.92 Å². The number of aryl methyl sites for hydroxylation is 1. The molecular formula is C16H26OS. The van der Waals surface area contributed by atoms with Gasteiger partial charge in [-0.05, 0) is 43.7 Å². The Morgan fingerprint density at radius 1 is 1.00 bits per heavy atom. The molecule has 1 aromatic carbocycles. The van der Waals surface area contributed by atoms with Gasteiger partial charge in [-0.15, -0.1) is 11.3 Å². The molecule has 0 spiro atoms. The topological polar surface area (TPSA) is 17.1 Å². The number of Topliss-reactive ketones (excluding diaryl/α,β-unsaturated/α-hetero) is 1. The van der Waals surface area contributed by atoms with Gasteiger partial charge in [0, 0.05) is 4.70 Å². The molecular weight excluding hydrogens is 240 g/mol. The van der Waals surface area contributed by atoms with E-state index in [9.17, 15) is 4.79 Å². The molecule has 0 fully saturated rings. The van der Waals surface area contributed by atoms with Crippen LogP contribution in [0.5, 0.6) is 0 Å². The standard InChI is InChI=1S/C9H8S.C3H6O.2C2H6/c1-7-2-3-9-8(6-7)4-5-10-9;1-3(2)4;2*1-2/h2-6H,1H3;1-2H3;2*1-2H3. The summed E-state index contributed by atoms with van der Waals surface area (Å²) < 4.78 is 1.38. The molecule has 1 nitrogen and oxygen atoms in total. The Kier molecular flexibility index (Phi) is 13.1. The first-order valence-electron chi connectivity index (χ1n) is 6.50. The first-order chi connectivity index (χ1) is 8.59. The molecule has 0 aliphatic rings. The van der Waals surface area contributed by atoms with Crippen LogP contribution in [0.25, 0.3) is 10.1 Å². The van der Waals surface area contributed by atoms with Gasteiger partial charge in [0.1, 0.15) is 5.78 Å². The zero-order valence-corrected chi connectivity index (χ0v) is 13.5. The van der Waals surface area contributed by atoms with E-state index in [2.05, 4.69) is 36.6 Å². The van der Waals surface area contributed by atoms with Crippen molar-refractivity contribution in [2.24, 2.45) is 0 Å². The van der Waals surface area contributed by atoms with E-state index in [1.54, 1.807) is 11.3 Å². The maximum atomic E-state index is 9.44. The van der Waals surface area contributed by atoms with Crippen LogP contribution in [0.1, 0.15) is 47.1 Å². The maximum Gasteiger partial charge on any atom is 0.126 e. The van der Waals surface area contributed by atoms with Gasteiger partial charge in [0.15, 0.2) is 0 Å². The van der Waals surface area contributed by atoms with Crippen LogP contribution in [-0.2, 0) is 4.79 Å². The average molecular weight is 266 g/mol. The van der Waals surface area contributed by atoms with Crippen molar-refractivity contribution in [2.45, 2.75) is 48.5 Å². The summed E-state index contributed by atoms with van der Waals surface area (Å²) in [5.41, 5.74) is 1.34. The smallest absolute Gasteiger partial charge is 0.126 e. The van der Waals surface area contributed by atoms with Crippen molar-refractivity contribution < 1.29 is 4.79 Å². The van der Waals surface area contributed by atoms with Gasteiger partial charge in [-0.3, -0.25) is 0 Å². The van der Waals surface area contributed by atoms with Crippen LogP contribution in [0.3, 0.4) is 0 Å². The predicted octanol–water partition coefficient (Wildman–Crippen LogP) is 5.86. The van der Waals surface area contributed by atoms with E-state index in [4.69, 9.17) is 0 Å². The highest BCUT2D eigenvalue weighted by Gasteiger charge is 1.91. The summed E-state index contributed by atoms with van der Waals surface area (Å²) in [4.78, 5) is 9.44. The molecule has 2 heteroatoms. The van der Waals surface area contributed by atoms with Crippen molar-refractivity contribution in [3.8, 4) is 0 Å². The van der Waals surface area contributed by atoms with Gasteiger partial charge in [0.05, 0.1) is 0 Å². The highest BCUT2D eigenvalue weighted by molar-refractivity contribution is 7.17. The highest BCUT2D eigenvalue weighted by atomic mass is 32.1. The zero-order valence-electron chi connectivity index (χ0n) is 12.7. The van der Waals surface area contributed by atoms with Gasteiger partial charge < -0.3 is 4.79 Å². The van der Waals surface area contributed by atoms with Crippen LogP contribution >= 0.6 is 11.3 Å². The number of ketones is 1. The molecule has 0 bridgehead atoms. The lowest BCUT2D eigenvalue weighted by molar-refractivity contribution is -0.114. The lowest BCUT2D eigenvalue weighted by Gasteiger charge is -1.89. The Morgan fingerprint density at radius 3 is 2.00 bits per heavy atom. The minimum atomic E-state index is 0.167. The van der Waals surface area contributed by atoms with Crippen molar-refractivity contribution in [2.75, 3.05) is 0 Å². The van der Waals surface area contributed by atoms with E-state index in [-0.39, 0.29) is 5.78 Å². The van der Waals surface area contributed by atoms with E-state index in [0.717, 1.165) is 0 Å². The number of carbonyl (C=O) groups excluding carboxylic acids is 1. The number of hydrogen-bond acceptors (Lipinski definition) is 2. The largest absolute Gasteiger partial charge is 0.300 e. The van der Waals surface area contributed by atoms with Gasteiger partial charge in [-0.2, -0.15) is 0 Å². The molecule has 2 aromatic rings. The van der Waals surface area contributed by atoms with Gasteiger partial charge in [-0.1, -0.05) is 45.4 Å². The third-order valence-electron chi connectivity index (χ3n) is 1.61. The lowest BCUT2D eigenvalue weighted by Crippen LogP contribution is -1.69. The summed E-state index contributed by atoms with van der Waals surface area (Å²) >= 11 is 1.80. The molecule has 0 amide bonds. The van der Waals surface area contributed by atoms with Gasteiger partial charge in [0.2, 0.25) is 0 Å². The van der Waals surface area contributed by atoms with Crippen molar-refractivity contribution in [1.82, 2.24) is 0 Å². The van der Waals surface area contributed by atoms with Crippen molar-refractivity contribution in [3.63, 3.8) is 0 Å². The Labute approximate surface area is 116 Å². The summed E-state index contributed by atoms with van der Waals surface area (Å²) in [6.07, 6.45) is 0. The molecule has 18 heavy (non-hydrogen) atoms. The van der Waals surface area contributed by atoms with Crippen molar-refractivity contribution in [1.29, 1.82) is 0 Å². The number of carbonyl (C=O) groups is 1. The second-order valence-electron chi connectivity index (χ2n) is 3.37. The molecule has 0 aliphatic heterocycles. The van der Waals surface area contributed by atoms with Crippen LogP contribution < -0.4 is 0 Å². The van der Waals surface area contributed by atoms with Crippen LogP contribution in [0.15, 0.2) is 29.6 Å². The molecule has 2 rings (SSSR count). The summed E-state index contributed by atoms with van der Waals surface area (Å²) in [7, 11) is 0. The van der Waals surface area contributed by atoms with Crippen LogP contribution in [0.2, 0.25) is 0 Å². The molecule has 0 aliphatic carbocycles. The Balaban J connectivity index is 0. The summed E-state index contributed by atoms with van der Waals surface area (Å²) in [6, 6.07) is 8.70.